The second-order valence-electron chi connectivity index (χ2n) is 2.39. The number of hydrogen-bond acceptors (Lipinski definition) is 1. The predicted molar refractivity (Wildman–Crippen MR) is 40.8 cm³/mol. The SMILES string of the molecule is CC[C@H](CCCl)[C@H](C)O. The van der Waals surface area contributed by atoms with E-state index in [1.165, 1.54) is 0 Å². The third kappa shape index (κ3) is 3.77. The summed E-state index contributed by atoms with van der Waals surface area (Å²) in [7, 11) is 0. The minimum Gasteiger partial charge on any atom is -0.393 e. The van der Waals surface area contributed by atoms with E-state index in [2.05, 4.69) is 6.92 Å². The van der Waals surface area contributed by atoms with Crippen molar-refractivity contribution in [3.8, 4) is 0 Å². The van der Waals surface area contributed by atoms with Gasteiger partial charge in [0.25, 0.3) is 0 Å². The van der Waals surface area contributed by atoms with Gasteiger partial charge in [0.05, 0.1) is 6.10 Å². The molecule has 2 heteroatoms. The van der Waals surface area contributed by atoms with Gasteiger partial charge in [-0.3, -0.25) is 0 Å². The van der Waals surface area contributed by atoms with E-state index in [0.717, 1.165) is 12.8 Å². The van der Waals surface area contributed by atoms with Gasteiger partial charge in [-0.2, -0.15) is 0 Å². The fourth-order valence-corrected chi connectivity index (χ4v) is 1.21. The average molecular weight is 151 g/mol. The Kier molecular flexibility index (Phi) is 5.21. The molecule has 0 radical (unpaired) electrons. The molecule has 1 N–H and O–H groups in total. The molecule has 0 spiro atoms. The molecule has 0 amide bonds. The first-order valence-electron chi connectivity index (χ1n) is 3.46. The highest BCUT2D eigenvalue weighted by molar-refractivity contribution is 6.17. The zero-order valence-electron chi connectivity index (χ0n) is 6.10. The minimum absolute atomic E-state index is 0.200. The molecule has 0 saturated heterocycles. The number of rotatable bonds is 4. The fourth-order valence-electron chi connectivity index (χ4n) is 0.927. The molecule has 0 aromatic heterocycles. The lowest BCUT2D eigenvalue weighted by Gasteiger charge is -2.15. The van der Waals surface area contributed by atoms with Crippen molar-refractivity contribution in [3.05, 3.63) is 0 Å². The number of hydrogen-bond donors (Lipinski definition) is 1. The topological polar surface area (TPSA) is 20.2 Å². The van der Waals surface area contributed by atoms with Crippen LogP contribution in [0.5, 0.6) is 0 Å². The average Bonchev–Trinajstić information content (AvgIpc) is 1.82. The first-order valence-corrected chi connectivity index (χ1v) is 3.99. The van der Waals surface area contributed by atoms with E-state index in [1.54, 1.807) is 0 Å². The highest BCUT2D eigenvalue weighted by Crippen LogP contribution is 2.13. The van der Waals surface area contributed by atoms with Gasteiger partial charge < -0.3 is 5.11 Å². The van der Waals surface area contributed by atoms with Crippen LogP contribution < -0.4 is 0 Å². The molecule has 0 aliphatic rings. The van der Waals surface area contributed by atoms with Crippen LogP contribution in [-0.2, 0) is 0 Å². The van der Waals surface area contributed by atoms with Gasteiger partial charge in [0.15, 0.2) is 0 Å². The van der Waals surface area contributed by atoms with Crippen LogP contribution in [0, 0.1) is 5.92 Å². The van der Waals surface area contributed by atoms with Crippen LogP contribution in [0.15, 0.2) is 0 Å². The van der Waals surface area contributed by atoms with Crippen LogP contribution in [0.2, 0.25) is 0 Å². The van der Waals surface area contributed by atoms with Gasteiger partial charge in [-0.15, -0.1) is 11.6 Å². The first kappa shape index (κ1) is 9.25. The maximum Gasteiger partial charge on any atom is 0.0540 e. The molecule has 9 heavy (non-hydrogen) atoms. The molecule has 0 aromatic rings. The van der Waals surface area contributed by atoms with Gasteiger partial charge in [0, 0.05) is 5.88 Å². The Balaban J connectivity index is 3.41. The van der Waals surface area contributed by atoms with Crippen molar-refractivity contribution < 1.29 is 5.11 Å². The monoisotopic (exact) mass is 150 g/mol. The van der Waals surface area contributed by atoms with Gasteiger partial charge in [-0.1, -0.05) is 13.3 Å². The fraction of sp³-hybridized carbons (Fsp3) is 1.00. The summed E-state index contributed by atoms with van der Waals surface area (Å²) in [4.78, 5) is 0. The molecule has 0 heterocycles. The van der Waals surface area contributed by atoms with E-state index < -0.39 is 0 Å². The van der Waals surface area contributed by atoms with E-state index >= 15 is 0 Å². The Hall–Kier alpha value is 0.250. The third-order valence-corrected chi connectivity index (χ3v) is 1.90. The second-order valence-corrected chi connectivity index (χ2v) is 2.76. The van der Waals surface area contributed by atoms with Gasteiger partial charge in [-0.05, 0) is 19.3 Å². The Morgan fingerprint density at radius 3 is 2.22 bits per heavy atom. The van der Waals surface area contributed by atoms with Crippen molar-refractivity contribution >= 4 is 11.6 Å². The zero-order chi connectivity index (χ0) is 7.28. The zero-order valence-corrected chi connectivity index (χ0v) is 6.86. The van der Waals surface area contributed by atoms with Crippen molar-refractivity contribution in [1.29, 1.82) is 0 Å². The van der Waals surface area contributed by atoms with E-state index in [4.69, 9.17) is 16.7 Å². The first-order chi connectivity index (χ1) is 4.22. The number of alkyl halides is 1. The maximum atomic E-state index is 9.08. The van der Waals surface area contributed by atoms with Gasteiger partial charge in [0.2, 0.25) is 0 Å². The Morgan fingerprint density at radius 1 is 1.56 bits per heavy atom. The van der Waals surface area contributed by atoms with Crippen LogP contribution in [0.1, 0.15) is 26.7 Å². The Morgan fingerprint density at radius 2 is 2.11 bits per heavy atom. The molecule has 0 aliphatic heterocycles. The molecule has 0 bridgehead atoms. The molecule has 0 aromatic carbocycles. The van der Waals surface area contributed by atoms with Crippen LogP contribution in [-0.4, -0.2) is 17.1 Å². The summed E-state index contributed by atoms with van der Waals surface area (Å²) in [5.41, 5.74) is 0. The highest BCUT2D eigenvalue weighted by atomic mass is 35.5. The smallest absolute Gasteiger partial charge is 0.0540 e. The third-order valence-electron chi connectivity index (χ3n) is 1.69. The van der Waals surface area contributed by atoms with E-state index in [9.17, 15) is 0 Å². The predicted octanol–water partition coefficient (Wildman–Crippen LogP) is 2.02. The van der Waals surface area contributed by atoms with Crippen molar-refractivity contribution in [1.82, 2.24) is 0 Å². The quantitative estimate of drug-likeness (QED) is 0.608. The van der Waals surface area contributed by atoms with Crippen LogP contribution >= 0.6 is 11.6 Å². The summed E-state index contributed by atoms with van der Waals surface area (Å²) < 4.78 is 0. The normalized spacial score (nSPS) is 17.3. The summed E-state index contributed by atoms with van der Waals surface area (Å²) in [5.74, 6) is 1.05. The van der Waals surface area contributed by atoms with Gasteiger partial charge >= 0.3 is 0 Å². The largest absolute Gasteiger partial charge is 0.393 e. The number of aliphatic hydroxyl groups is 1. The standard InChI is InChI=1S/C7H15ClO/c1-3-7(4-5-8)6(2)9/h6-7,9H,3-5H2,1-2H3/t6-,7+/m0/s1. The molecule has 2 atom stereocenters. The molecule has 0 rings (SSSR count). The molecular formula is C7H15ClO. The van der Waals surface area contributed by atoms with Gasteiger partial charge in [-0.25, -0.2) is 0 Å². The minimum atomic E-state index is -0.200. The van der Waals surface area contributed by atoms with Crippen molar-refractivity contribution in [2.24, 2.45) is 5.92 Å². The number of halogens is 1. The molecule has 1 nitrogen and oxygen atoms in total. The molecule has 0 unspecified atom stereocenters. The van der Waals surface area contributed by atoms with Crippen LogP contribution in [0.25, 0.3) is 0 Å². The summed E-state index contributed by atoms with van der Waals surface area (Å²) in [6, 6.07) is 0. The molecule has 56 valence electrons. The lowest BCUT2D eigenvalue weighted by molar-refractivity contribution is 0.121. The lowest BCUT2D eigenvalue weighted by Crippen LogP contribution is -2.15. The highest BCUT2D eigenvalue weighted by Gasteiger charge is 2.10. The Labute approximate surface area is 62.0 Å². The summed E-state index contributed by atoms with van der Waals surface area (Å²) in [6.45, 7) is 3.89. The van der Waals surface area contributed by atoms with E-state index in [-0.39, 0.29) is 6.10 Å². The summed E-state index contributed by atoms with van der Waals surface area (Å²) in [5, 5.41) is 9.08. The van der Waals surface area contributed by atoms with Gasteiger partial charge in [0.1, 0.15) is 0 Å². The number of aliphatic hydroxyl groups excluding tert-OH is 1. The summed E-state index contributed by atoms with van der Waals surface area (Å²) in [6.07, 6.45) is 1.74. The van der Waals surface area contributed by atoms with Crippen molar-refractivity contribution in [3.63, 3.8) is 0 Å². The van der Waals surface area contributed by atoms with E-state index in [1.807, 2.05) is 6.92 Å². The van der Waals surface area contributed by atoms with Crippen molar-refractivity contribution in [2.75, 3.05) is 5.88 Å². The molecular weight excluding hydrogens is 136 g/mol. The Bertz CT molecular complexity index is 63.9. The second kappa shape index (κ2) is 5.07. The molecule has 0 aliphatic carbocycles. The van der Waals surface area contributed by atoms with Crippen LogP contribution in [0.4, 0.5) is 0 Å². The van der Waals surface area contributed by atoms with Crippen molar-refractivity contribution in [2.45, 2.75) is 32.8 Å². The lowest BCUT2D eigenvalue weighted by atomic mass is 9.98. The van der Waals surface area contributed by atoms with Crippen LogP contribution in [0.3, 0.4) is 0 Å². The molecule has 0 fully saturated rings. The summed E-state index contributed by atoms with van der Waals surface area (Å²) >= 11 is 5.51. The van der Waals surface area contributed by atoms with E-state index in [0.29, 0.717) is 11.8 Å². The maximum absolute atomic E-state index is 9.08. The molecule has 0 saturated carbocycles.